The van der Waals surface area contributed by atoms with Crippen LogP contribution < -0.4 is 5.32 Å². The molecule has 0 saturated carbocycles. The summed E-state index contributed by atoms with van der Waals surface area (Å²) in [6, 6.07) is 4.26. The second-order valence-corrected chi connectivity index (χ2v) is 5.41. The number of aromatic amines is 1. The molecule has 16 heavy (non-hydrogen) atoms. The van der Waals surface area contributed by atoms with Gasteiger partial charge < -0.3 is 10.3 Å². The van der Waals surface area contributed by atoms with Crippen LogP contribution in [-0.4, -0.2) is 15.5 Å². The van der Waals surface area contributed by atoms with Gasteiger partial charge in [0.2, 0.25) is 5.95 Å². The van der Waals surface area contributed by atoms with Crippen LogP contribution in [0.25, 0.3) is 11.0 Å². The fraction of sp³-hybridized carbons (Fsp3) is 0.462. The zero-order valence-electron chi connectivity index (χ0n) is 10.6. The summed E-state index contributed by atoms with van der Waals surface area (Å²) < 4.78 is 0. The third kappa shape index (κ3) is 2.18. The quantitative estimate of drug-likeness (QED) is 0.768. The van der Waals surface area contributed by atoms with Gasteiger partial charge in [-0.15, -0.1) is 0 Å². The van der Waals surface area contributed by atoms with E-state index in [0.29, 0.717) is 0 Å². The van der Waals surface area contributed by atoms with Gasteiger partial charge in [0.05, 0.1) is 11.0 Å². The minimum absolute atomic E-state index is 0.0258. The average molecular weight is 217 g/mol. The van der Waals surface area contributed by atoms with E-state index in [9.17, 15) is 0 Å². The third-order valence-corrected chi connectivity index (χ3v) is 2.59. The van der Waals surface area contributed by atoms with Crippen LogP contribution in [0.2, 0.25) is 0 Å². The van der Waals surface area contributed by atoms with Crippen molar-refractivity contribution in [2.75, 3.05) is 5.32 Å². The average Bonchev–Trinajstić information content (AvgIpc) is 2.44. The maximum Gasteiger partial charge on any atom is 0.201 e. The Balaban J connectivity index is 2.44. The maximum atomic E-state index is 4.53. The van der Waals surface area contributed by atoms with Crippen molar-refractivity contribution in [3.8, 4) is 0 Å². The van der Waals surface area contributed by atoms with Gasteiger partial charge in [-0.1, -0.05) is 0 Å². The topological polar surface area (TPSA) is 40.7 Å². The Hall–Kier alpha value is -1.51. The highest BCUT2D eigenvalue weighted by atomic mass is 15.1. The molecular formula is C13H19N3. The lowest BCUT2D eigenvalue weighted by Gasteiger charge is -2.19. The van der Waals surface area contributed by atoms with Crippen LogP contribution in [0.15, 0.2) is 12.1 Å². The van der Waals surface area contributed by atoms with E-state index in [4.69, 9.17) is 0 Å². The highest BCUT2D eigenvalue weighted by Gasteiger charge is 2.12. The van der Waals surface area contributed by atoms with Gasteiger partial charge in [-0.3, -0.25) is 0 Å². The number of hydrogen-bond acceptors (Lipinski definition) is 2. The lowest BCUT2D eigenvalue weighted by molar-refractivity contribution is 0.628. The first-order valence-corrected chi connectivity index (χ1v) is 5.60. The Morgan fingerprint density at radius 1 is 1.12 bits per heavy atom. The Kier molecular flexibility index (Phi) is 2.41. The molecule has 0 radical (unpaired) electrons. The first kappa shape index (κ1) is 11.0. The molecule has 0 amide bonds. The van der Waals surface area contributed by atoms with E-state index in [1.807, 2.05) is 0 Å². The Morgan fingerprint density at radius 3 is 2.38 bits per heavy atom. The summed E-state index contributed by atoms with van der Waals surface area (Å²) in [6.45, 7) is 10.6. The van der Waals surface area contributed by atoms with Gasteiger partial charge >= 0.3 is 0 Å². The largest absolute Gasteiger partial charge is 0.351 e. The molecule has 0 unspecified atom stereocenters. The number of nitrogens with one attached hydrogen (secondary N) is 2. The van der Waals surface area contributed by atoms with E-state index in [-0.39, 0.29) is 5.54 Å². The number of hydrogen-bond donors (Lipinski definition) is 2. The van der Waals surface area contributed by atoms with Gasteiger partial charge in [-0.25, -0.2) is 4.98 Å². The first-order valence-electron chi connectivity index (χ1n) is 5.60. The van der Waals surface area contributed by atoms with Gasteiger partial charge in [-0.05, 0) is 57.9 Å². The molecule has 2 aromatic rings. The van der Waals surface area contributed by atoms with E-state index in [1.54, 1.807) is 0 Å². The van der Waals surface area contributed by atoms with Crippen molar-refractivity contribution in [1.29, 1.82) is 0 Å². The maximum absolute atomic E-state index is 4.53. The van der Waals surface area contributed by atoms with Gasteiger partial charge in [0.25, 0.3) is 0 Å². The molecule has 3 nitrogen and oxygen atoms in total. The molecule has 0 atom stereocenters. The van der Waals surface area contributed by atoms with E-state index in [2.05, 4.69) is 62.0 Å². The molecule has 0 aliphatic rings. The second kappa shape index (κ2) is 3.51. The molecule has 2 N–H and O–H groups in total. The number of imidazole rings is 1. The summed E-state index contributed by atoms with van der Waals surface area (Å²) in [7, 11) is 0. The molecular weight excluding hydrogens is 198 g/mol. The lowest BCUT2D eigenvalue weighted by atomic mass is 10.1. The van der Waals surface area contributed by atoms with E-state index >= 15 is 0 Å². The molecule has 2 rings (SSSR count). The number of H-pyrrole nitrogens is 1. The zero-order valence-corrected chi connectivity index (χ0v) is 10.6. The van der Waals surface area contributed by atoms with Crippen LogP contribution in [0.3, 0.4) is 0 Å². The third-order valence-electron chi connectivity index (χ3n) is 2.59. The Labute approximate surface area is 96.3 Å². The van der Waals surface area contributed by atoms with Gasteiger partial charge in [0.1, 0.15) is 0 Å². The molecule has 0 bridgehead atoms. The molecule has 1 heterocycles. The number of anilines is 1. The van der Waals surface area contributed by atoms with Crippen molar-refractivity contribution in [2.24, 2.45) is 0 Å². The fourth-order valence-electron chi connectivity index (χ4n) is 1.68. The molecule has 3 heteroatoms. The summed E-state index contributed by atoms with van der Waals surface area (Å²) in [5, 5.41) is 3.34. The number of fused-ring (bicyclic) bond motifs is 1. The van der Waals surface area contributed by atoms with Crippen LogP contribution in [0.4, 0.5) is 5.95 Å². The molecule has 0 saturated heterocycles. The molecule has 0 spiro atoms. The molecule has 86 valence electrons. The van der Waals surface area contributed by atoms with Crippen molar-refractivity contribution in [2.45, 2.75) is 40.2 Å². The van der Waals surface area contributed by atoms with Crippen LogP contribution in [-0.2, 0) is 0 Å². The zero-order chi connectivity index (χ0) is 11.9. The van der Waals surface area contributed by atoms with Gasteiger partial charge in [0.15, 0.2) is 0 Å². The minimum Gasteiger partial charge on any atom is -0.351 e. The van der Waals surface area contributed by atoms with E-state index < -0.39 is 0 Å². The van der Waals surface area contributed by atoms with Gasteiger partial charge in [-0.2, -0.15) is 0 Å². The predicted octanol–water partition coefficient (Wildman–Crippen LogP) is 3.39. The van der Waals surface area contributed by atoms with Crippen LogP contribution in [0, 0.1) is 13.8 Å². The SMILES string of the molecule is Cc1cc2nc(NC(C)(C)C)[nH]c2cc1C. The van der Waals surface area contributed by atoms with Crippen molar-refractivity contribution in [3.05, 3.63) is 23.3 Å². The van der Waals surface area contributed by atoms with Crippen LogP contribution in [0.5, 0.6) is 0 Å². The van der Waals surface area contributed by atoms with Crippen LogP contribution in [0.1, 0.15) is 31.9 Å². The standard InChI is InChI=1S/C13H19N3/c1-8-6-10-11(7-9(8)2)15-12(14-10)16-13(3,4)5/h6-7H,1-5H3,(H2,14,15,16). The smallest absolute Gasteiger partial charge is 0.201 e. The number of aryl methyl sites for hydroxylation is 2. The highest BCUT2D eigenvalue weighted by Crippen LogP contribution is 2.20. The van der Waals surface area contributed by atoms with Crippen molar-refractivity contribution in [1.82, 2.24) is 9.97 Å². The first-order chi connectivity index (χ1) is 7.35. The Morgan fingerprint density at radius 2 is 1.75 bits per heavy atom. The number of aromatic nitrogens is 2. The summed E-state index contributed by atoms with van der Waals surface area (Å²) in [5.74, 6) is 0.840. The summed E-state index contributed by atoms with van der Waals surface area (Å²) in [6.07, 6.45) is 0. The summed E-state index contributed by atoms with van der Waals surface area (Å²) in [4.78, 5) is 7.83. The Bertz CT molecular complexity index is 479. The molecule has 0 aliphatic heterocycles. The highest BCUT2D eigenvalue weighted by molar-refractivity contribution is 5.79. The van der Waals surface area contributed by atoms with Crippen molar-refractivity contribution in [3.63, 3.8) is 0 Å². The summed E-state index contributed by atoms with van der Waals surface area (Å²) >= 11 is 0. The van der Waals surface area contributed by atoms with E-state index in [1.165, 1.54) is 11.1 Å². The van der Waals surface area contributed by atoms with E-state index in [0.717, 1.165) is 17.0 Å². The minimum atomic E-state index is 0.0258. The fourth-order valence-corrected chi connectivity index (χ4v) is 1.68. The molecule has 1 aromatic heterocycles. The monoisotopic (exact) mass is 217 g/mol. The summed E-state index contributed by atoms with van der Waals surface area (Å²) in [5.41, 5.74) is 4.71. The normalized spacial score (nSPS) is 12.1. The number of rotatable bonds is 1. The molecule has 0 aliphatic carbocycles. The number of benzene rings is 1. The van der Waals surface area contributed by atoms with Crippen LogP contribution >= 0.6 is 0 Å². The predicted molar refractivity (Wildman–Crippen MR) is 68.9 cm³/mol. The van der Waals surface area contributed by atoms with Crippen molar-refractivity contribution >= 4 is 17.0 Å². The molecule has 1 aromatic carbocycles. The lowest BCUT2D eigenvalue weighted by Crippen LogP contribution is -2.26. The van der Waals surface area contributed by atoms with Crippen molar-refractivity contribution < 1.29 is 0 Å². The second-order valence-electron chi connectivity index (χ2n) is 5.41. The van der Waals surface area contributed by atoms with Gasteiger partial charge in [0, 0.05) is 5.54 Å². The molecule has 0 fully saturated rings. The number of nitrogens with zero attached hydrogens (tertiary/aromatic N) is 1.